The van der Waals surface area contributed by atoms with E-state index < -0.39 is 17.5 Å². The normalized spacial score (nSPS) is 10.4. The maximum Gasteiger partial charge on any atom is 0.271 e. The third-order valence-corrected chi connectivity index (χ3v) is 4.25. The number of halogens is 4. The molecule has 28 heavy (non-hydrogen) atoms. The molecule has 2 N–H and O–H groups in total. The zero-order chi connectivity index (χ0) is 20.3. The Bertz CT molecular complexity index is 1100. The van der Waals surface area contributed by atoms with E-state index in [1.165, 1.54) is 24.5 Å². The maximum absolute atomic E-state index is 14.8. The van der Waals surface area contributed by atoms with Crippen molar-refractivity contribution in [2.75, 3.05) is 0 Å². The summed E-state index contributed by atoms with van der Waals surface area (Å²) >= 11 is 11.8. The van der Waals surface area contributed by atoms with E-state index >= 15 is 0 Å². The van der Waals surface area contributed by atoms with Gasteiger partial charge in [0.1, 0.15) is 23.3 Å². The van der Waals surface area contributed by atoms with Crippen LogP contribution in [0, 0.1) is 23.0 Å². The molecular weight excluding hydrogens is 413 g/mol. The molecule has 142 valence electrons. The number of nitriles is 1. The Morgan fingerprint density at radius 3 is 2.75 bits per heavy atom. The van der Waals surface area contributed by atoms with E-state index in [0.717, 1.165) is 12.1 Å². The lowest BCUT2D eigenvalue weighted by Gasteiger charge is -2.12. The standard InChI is InChI=1S/C18H10Cl2F2N4O2/c19-12-3-1-9(7-24-18(27)15-17(20)26-8-25-15)14(22)16(12)28-11-2-4-13(21)10(5-11)6-23/h1-5,8H,7H2,(H,24,27)(H,25,26). The van der Waals surface area contributed by atoms with Gasteiger partial charge >= 0.3 is 0 Å². The van der Waals surface area contributed by atoms with E-state index in [0.29, 0.717) is 0 Å². The van der Waals surface area contributed by atoms with Crippen LogP contribution in [0.25, 0.3) is 0 Å². The third-order valence-electron chi connectivity index (χ3n) is 3.67. The van der Waals surface area contributed by atoms with E-state index in [-0.39, 0.29) is 45.0 Å². The molecule has 3 rings (SSSR count). The lowest BCUT2D eigenvalue weighted by Crippen LogP contribution is -2.24. The number of carbonyl (C=O) groups is 1. The van der Waals surface area contributed by atoms with Gasteiger partial charge in [0.2, 0.25) is 0 Å². The lowest BCUT2D eigenvalue weighted by atomic mass is 10.2. The molecule has 1 aromatic heterocycles. The van der Waals surface area contributed by atoms with Crippen LogP contribution in [0.4, 0.5) is 8.78 Å². The summed E-state index contributed by atoms with van der Waals surface area (Å²) in [6.45, 7) is -0.180. The number of hydrogen-bond acceptors (Lipinski definition) is 4. The number of H-pyrrole nitrogens is 1. The molecule has 0 aliphatic rings. The lowest BCUT2D eigenvalue weighted by molar-refractivity contribution is 0.0946. The van der Waals surface area contributed by atoms with Crippen molar-refractivity contribution in [2.45, 2.75) is 6.54 Å². The highest BCUT2D eigenvalue weighted by atomic mass is 35.5. The first-order valence-electron chi connectivity index (χ1n) is 7.72. The molecule has 0 saturated heterocycles. The summed E-state index contributed by atoms with van der Waals surface area (Å²) in [5.74, 6) is -2.40. The number of imidazole rings is 1. The van der Waals surface area contributed by atoms with Crippen molar-refractivity contribution in [3.05, 3.63) is 75.3 Å². The number of rotatable bonds is 5. The number of benzene rings is 2. The zero-order valence-corrected chi connectivity index (χ0v) is 15.4. The van der Waals surface area contributed by atoms with E-state index in [4.69, 9.17) is 33.2 Å². The second-order valence-corrected chi connectivity index (χ2v) is 6.22. The highest BCUT2D eigenvalue weighted by Crippen LogP contribution is 2.34. The molecule has 1 amide bonds. The Morgan fingerprint density at radius 1 is 1.29 bits per heavy atom. The zero-order valence-electron chi connectivity index (χ0n) is 13.9. The van der Waals surface area contributed by atoms with Crippen LogP contribution in [0.5, 0.6) is 11.5 Å². The number of amides is 1. The molecule has 0 aliphatic carbocycles. The largest absolute Gasteiger partial charge is 0.453 e. The van der Waals surface area contributed by atoms with Gasteiger partial charge < -0.3 is 15.0 Å². The SMILES string of the molecule is N#Cc1cc(Oc2c(Cl)ccc(CNC(=O)c3[nH]cnc3Cl)c2F)ccc1F. The van der Waals surface area contributed by atoms with Crippen LogP contribution in [0.1, 0.15) is 21.6 Å². The summed E-state index contributed by atoms with van der Waals surface area (Å²) < 4.78 is 33.6. The van der Waals surface area contributed by atoms with Crippen LogP contribution in [-0.2, 0) is 6.54 Å². The Balaban J connectivity index is 1.81. The molecule has 0 bridgehead atoms. The van der Waals surface area contributed by atoms with Crippen molar-refractivity contribution < 1.29 is 18.3 Å². The van der Waals surface area contributed by atoms with E-state index in [9.17, 15) is 13.6 Å². The van der Waals surface area contributed by atoms with Crippen molar-refractivity contribution in [3.8, 4) is 17.6 Å². The van der Waals surface area contributed by atoms with Crippen LogP contribution in [0.2, 0.25) is 10.2 Å². The Kier molecular flexibility index (Phi) is 5.78. The molecule has 1 heterocycles. The van der Waals surface area contributed by atoms with Gasteiger partial charge in [-0.05, 0) is 18.2 Å². The highest BCUT2D eigenvalue weighted by molar-refractivity contribution is 6.32. The highest BCUT2D eigenvalue weighted by Gasteiger charge is 2.18. The Labute approximate surface area is 167 Å². The van der Waals surface area contributed by atoms with Gasteiger partial charge in [0.25, 0.3) is 5.91 Å². The van der Waals surface area contributed by atoms with Crippen LogP contribution in [0.3, 0.4) is 0 Å². The molecule has 0 fully saturated rings. The summed E-state index contributed by atoms with van der Waals surface area (Å²) in [5.41, 5.74) is -0.122. The van der Waals surface area contributed by atoms with Crippen LogP contribution < -0.4 is 10.1 Å². The first kappa shape index (κ1) is 19.6. The van der Waals surface area contributed by atoms with Crippen molar-refractivity contribution in [3.63, 3.8) is 0 Å². The van der Waals surface area contributed by atoms with Gasteiger partial charge in [-0.1, -0.05) is 29.3 Å². The minimum atomic E-state index is -0.814. The smallest absolute Gasteiger partial charge is 0.271 e. The molecular formula is C18H10Cl2F2N4O2. The number of aromatic amines is 1. The second kappa shape index (κ2) is 8.25. The molecule has 2 aromatic carbocycles. The first-order valence-corrected chi connectivity index (χ1v) is 8.47. The fraction of sp³-hybridized carbons (Fsp3) is 0.0556. The van der Waals surface area contributed by atoms with Gasteiger partial charge in [-0.15, -0.1) is 0 Å². The molecule has 0 spiro atoms. The van der Waals surface area contributed by atoms with Crippen molar-refractivity contribution in [2.24, 2.45) is 0 Å². The van der Waals surface area contributed by atoms with Gasteiger partial charge in [0.15, 0.2) is 16.7 Å². The number of carbonyl (C=O) groups excluding carboxylic acids is 1. The average Bonchev–Trinajstić information content (AvgIpc) is 3.11. The van der Waals surface area contributed by atoms with Gasteiger partial charge in [-0.3, -0.25) is 4.79 Å². The summed E-state index contributed by atoms with van der Waals surface area (Å²) in [6.07, 6.45) is 1.25. The third kappa shape index (κ3) is 4.06. The topological polar surface area (TPSA) is 90.8 Å². The molecule has 10 heteroatoms. The summed E-state index contributed by atoms with van der Waals surface area (Å²) in [6, 6.07) is 7.82. The minimum absolute atomic E-state index is 0.0114. The molecule has 0 radical (unpaired) electrons. The molecule has 0 unspecified atom stereocenters. The monoisotopic (exact) mass is 422 g/mol. The van der Waals surface area contributed by atoms with E-state index in [1.807, 2.05) is 0 Å². The molecule has 0 saturated carbocycles. The van der Waals surface area contributed by atoms with Crippen LogP contribution in [-0.4, -0.2) is 15.9 Å². The number of hydrogen-bond donors (Lipinski definition) is 2. The van der Waals surface area contributed by atoms with E-state index in [1.54, 1.807) is 6.07 Å². The molecule has 3 aromatic rings. The van der Waals surface area contributed by atoms with E-state index in [2.05, 4.69) is 15.3 Å². The number of nitrogens with zero attached hydrogens (tertiary/aromatic N) is 2. The predicted octanol–water partition coefficient (Wildman–Crippen LogP) is 4.59. The maximum atomic E-state index is 14.8. The van der Waals surface area contributed by atoms with Crippen LogP contribution in [0.15, 0.2) is 36.7 Å². The first-order chi connectivity index (χ1) is 13.4. The summed E-state index contributed by atoms with van der Waals surface area (Å²) in [4.78, 5) is 18.3. The minimum Gasteiger partial charge on any atom is -0.453 e. The van der Waals surface area contributed by atoms with Crippen molar-refractivity contribution in [1.29, 1.82) is 5.26 Å². The molecule has 0 aliphatic heterocycles. The molecule has 0 atom stereocenters. The van der Waals surface area contributed by atoms with Gasteiger partial charge in [0.05, 0.1) is 16.9 Å². The Hall–Kier alpha value is -3.15. The quantitative estimate of drug-likeness (QED) is 0.628. The fourth-order valence-corrected chi connectivity index (χ4v) is 2.65. The second-order valence-electron chi connectivity index (χ2n) is 5.46. The average molecular weight is 423 g/mol. The van der Waals surface area contributed by atoms with Crippen LogP contribution >= 0.6 is 23.2 Å². The number of nitrogens with one attached hydrogen (secondary N) is 2. The fourth-order valence-electron chi connectivity index (χ4n) is 2.28. The summed E-state index contributed by atoms with van der Waals surface area (Å²) in [5, 5.41) is 11.3. The predicted molar refractivity (Wildman–Crippen MR) is 97.4 cm³/mol. The van der Waals surface area contributed by atoms with Crippen molar-refractivity contribution >= 4 is 29.1 Å². The molecule has 6 nitrogen and oxygen atoms in total. The van der Waals surface area contributed by atoms with Gasteiger partial charge in [0, 0.05) is 18.2 Å². The van der Waals surface area contributed by atoms with Crippen molar-refractivity contribution in [1.82, 2.24) is 15.3 Å². The van der Waals surface area contributed by atoms with Gasteiger partial charge in [-0.25, -0.2) is 13.8 Å². The summed E-state index contributed by atoms with van der Waals surface area (Å²) in [7, 11) is 0. The number of aromatic nitrogens is 2. The number of ether oxygens (including phenoxy) is 1. The Morgan fingerprint density at radius 2 is 2.07 bits per heavy atom. The van der Waals surface area contributed by atoms with Gasteiger partial charge in [-0.2, -0.15) is 5.26 Å².